The summed E-state index contributed by atoms with van der Waals surface area (Å²) in [4.78, 5) is 4.11. The predicted molar refractivity (Wildman–Crippen MR) is 70.6 cm³/mol. The largest absolute Gasteiger partial charge is 0.506 e. The molecule has 0 unspecified atom stereocenters. The first kappa shape index (κ1) is 12.1. The first-order chi connectivity index (χ1) is 8.25. The number of halogens is 1. The summed E-state index contributed by atoms with van der Waals surface area (Å²) >= 11 is 3.50. The van der Waals surface area contributed by atoms with E-state index in [0.717, 1.165) is 16.7 Å². The lowest BCUT2D eigenvalue weighted by Crippen LogP contribution is -2.13. The van der Waals surface area contributed by atoms with Gasteiger partial charge in [-0.25, -0.2) is 0 Å². The molecule has 0 aliphatic rings. The van der Waals surface area contributed by atoms with Gasteiger partial charge < -0.3 is 10.4 Å². The van der Waals surface area contributed by atoms with Crippen molar-refractivity contribution in [1.82, 2.24) is 10.3 Å². The van der Waals surface area contributed by atoms with Crippen LogP contribution in [0.25, 0.3) is 0 Å². The molecule has 0 spiro atoms. The van der Waals surface area contributed by atoms with Crippen LogP contribution < -0.4 is 5.32 Å². The lowest BCUT2D eigenvalue weighted by Gasteiger charge is -2.06. The fraction of sp³-hybridized carbons (Fsp3) is 0.154. The van der Waals surface area contributed by atoms with Crippen molar-refractivity contribution in [3.63, 3.8) is 0 Å². The van der Waals surface area contributed by atoms with Crippen LogP contribution in [0.2, 0.25) is 0 Å². The molecule has 0 aliphatic heterocycles. The minimum atomic E-state index is 0.194. The van der Waals surface area contributed by atoms with Crippen molar-refractivity contribution in [3.8, 4) is 5.75 Å². The van der Waals surface area contributed by atoms with Crippen LogP contribution in [0.4, 0.5) is 0 Å². The highest BCUT2D eigenvalue weighted by atomic mass is 79.9. The van der Waals surface area contributed by atoms with E-state index in [-0.39, 0.29) is 5.75 Å². The van der Waals surface area contributed by atoms with Gasteiger partial charge >= 0.3 is 0 Å². The molecule has 0 amide bonds. The van der Waals surface area contributed by atoms with Crippen LogP contribution in [0.3, 0.4) is 0 Å². The van der Waals surface area contributed by atoms with Crippen molar-refractivity contribution in [2.24, 2.45) is 0 Å². The number of hydrogen-bond acceptors (Lipinski definition) is 3. The van der Waals surface area contributed by atoms with Gasteiger partial charge in [0, 0.05) is 17.6 Å². The Hall–Kier alpha value is -1.39. The first-order valence-electron chi connectivity index (χ1n) is 5.34. The standard InChI is InChI=1S/C13H13BrN2O/c14-13-4-2-1-3-10(13)7-15-8-11-5-6-12(17)9-16-11/h1-6,9,15,17H,7-8H2. The van der Waals surface area contributed by atoms with Crippen LogP contribution in [0, 0.1) is 0 Å². The fourth-order valence-corrected chi connectivity index (χ4v) is 1.91. The molecule has 3 nitrogen and oxygen atoms in total. The SMILES string of the molecule is Oc1ccc(CNCc2ccccc2Br)nc1. The number of pyridine rings is 1. The smallest absolute Gasteiger partial charge is 0.133 e. The molecule has 4 heteroatoms. The van der Waals surface area contributed by atoms with Gasteiger partial charge in [-0.2, -0.15) is 0 Å². The molecule has 1 aromatic carbocycles. The van der Waals surface area contributed by atoms with E-state index in [2.05, 4.69) is 32.3 Å². The molecule has 0 radical (unpaired) electrons. The molecule has 17 heavy (non-hydrogen) atoms. The van der Waals surface area contributed by atoms with Crippen LogP contribution in [-0.4, -0.2) is 10.1 Å². The van der Waals surface area contributed by atoms with Gasteiger partial charge in [0.15, 0.2) is 0 Å². The average Bonchev–Trinajstić information content (AvgIpc) is 2.34. The van der Waals surface area contributed by atoms with Crippen molar-refractivity contribution in [3.05, 3.63) is 58.3 Å². The third-order valence-corrected chi connectivity index (χ3v) is 3.16. The Morgan fingerprint density at radius 3 is 2.65 bits per heavy atom. The van der Waals surface area contributed by atoms with E-state index in [0.29, 0.717) is 6.54 Å². The van der Waals surface area contributed by atoms with E-state index in [9.17, 15) is 0 Å². The fourth-order valence-electron chi connectivity index (χ4n) is 1.49. The van der Waals surface area contributed by atoms with Crippen LogP contribution >= 0.6 is 15.9 Å². The van der Waals surface area contributed by atoms with Crippen LogP contribution in [-0.2, 0) is 13.1 Å². The summed E-state index contributed by atoms with van der Waals surface area (Å²) in [6.07, 6.45) is 1.45. The maximum Gasteiger partial charge on any atom is 0.133 e. The number of aromatic hydroxyl groups is 1. The van der Waals surface area contributed by atoms with Gasteiger partial charge in [-0.05, 0) is 23.8 Å². The lowest BCUT2D eigenvalue weighted by molar-refractivity contribution is 0.471. The van der Waals surface area contributed by atoms with Gasteiger partial charge in [0.2, 0.25) is 0 Å². The Balaban J connectivity index is 1.88. The van der Waals surface area contributed by atoms with E-state index in [1.807, 2.05) is 24.3 Å². The summed E-state index contributed by atoms with van der Waals surface area (Å²) in [5.74, 6) is 0.194. The van der Waals surface area contributed by atoms with Gasteiger partial charge in [0.25, 0.3) is 0 Å². The van der Waals surface area contributed by atoms with Crippen molar-refractivity contribution in [2.75, 3.05) is 0 Å². The molecule has 2 N–H and O–H groups in total. The molecular formula is C13H13BrN2O. The molecule has 88 valence electrons. The minimum absolute atomic E-state index is 0.194. The topological polar surface area (TPSA) is 45.1 Å². The number of benzene rings is 1. The van der Waals surface area contributed by atoms with E-state index in [4.69, 9.17) is 5.11 Å². The summed E-state index contributed by atoms with van der Waals surface area (Å²) in [6, 6.07) is 11.6. The first-order valence-corrected chi connectivity index (χ1v) is 6.13. The van der Waals surface area contributed by atoms with Gasteiger partial charge in [0.05, 0.1) is 11.9 Å². The van der Waals surface area contributed by atoms with Gasteiger partial charge in [-0.1, -0.05) is 34.1 Å². The van der Waals surface area contributed by atoms with Gasteiger partial charge in [-0.15, -0.1) is 0 Å². The number of rotatable bonds is 4. The monoisotopic (exact) mass is 292 g/mol. The van der Waals surface area contributed by atoms with E-state index in [1.54, 1.807) is 6.07 Å². The summed E-state index contributed by atoms with van der Waals surface area (Å²) in [6.45, 7) is 1.46. The molecule has 0 bridgehead atoms. The molecule has 2 aromatic rings. The van der Waals surface area contributed by atoms with Crippen LogP contribution in [0.5, 0.6) is 5.75 Å². The molecule has 1 aromatic heterocycles. The number of hydrogen-bond donors (Lipinski definition) is 2. The predicted octanol–water partition coefficient (Wildman–Crippen LogP) is 2.84. The normalized spacial score (nSPS) is 10.4. The Bertz CT molecular complexity index is 485. The van der Waals surface area contributed by atoms with E-state index >= 15 is 0 Å². The lowest BCUT2D eigenvalue weighted by atomic mass is 10.2. The second-order valence-corrected chi connectivity index (χ2v) is 4.56. The molecule has 0 fully saturated rings. The molecule has 0 atom stereocenters. The Kier molecular flexibility index (Phi) is 4.12. The Morgan fingerprint density at radius 1 is 1.12 bits per heavy atom. The van der Waals surface area contributed by atoms with Crippen LogP contribution in [0.1, 0.15) is 11.3 Å². The third kappa shape index (κ3) is 3.54. The van der Waals surface area contributed by atoms with Gasteiger partial charge in [-0.3, -0.25) is 4.98 Å². The molecule has 0 saturated heterocycles. The van der Waals surface area contributed by atoms with Gasteiger partial charge in [0.1, 0.15) is 5.75 Å². The van der Waals surface area contributed by atoms with Crippen LogP contribution in [0.15, 0.2) is 47.1 Å². The summed E-state index contributed by atoms with van der Waals surface area (Å²) in [5.41, 5.74) is 2.13. The highest BCUT2D eigenvalue weighted by molar-refractivity contribution is 9.10. The zero-order valence-electron chi connectivity index (χ0n) is 9.23. The molecule has 0 aliphatic carbocycles. The zero-order chi connectivity index (χ0) is 12.1. The number of nitrogens with zero attached hydrogens (tertiary/aromatic N) is 1. The quantitative estimate of drug-likeness (QED) is 0.911. The van der Waals surface area contributed by atoms with Crippen molar-refractivity contribution in [1.29, 1.82) is 0 Å². The number of nitrogens with one attached hydrogen (secondary N) is 1. The van der Waals surface area contributed by atoms with Crippen molar-refractivity contribution >= 4 is 15.9 Å². The molecule has 1 heterocycles. The molecular weight excluding hydrogens is 280 g/mol. The average molecular weight is 293 g/mol. The maximum absolute atomic E-state index is 9.11. The highest BCUT2D eigenvalue weighted by Gasteiger charge is 1.99. The molecule has 0 saturated carbocycles. The third-order valence-electron chi connectivity index (χ3n) is 2.39. The minimum Gasteiger partial charge on any atom is -0.506 e. The second kappa shape index (κ2) is 5.80. The van der Waals surface area contributed by atoms with E-state index < -0.39 is 0 Å². The maximum atomic E-state index is 9.11. The highest BCUT2D eigenvalue weighted by Crippen LogP contribution is 2.15. The van der Waals surface area contributed by atoms with E-state index in [1.165, 1.54) is 11.8 Å². The molecule has 2 rings (SSSR count). The number of aromatic nitrogens is 1. The second-order valence-electron chi connectivity index (χ2n) is 3.70. The summed E-state index contributed by atoms with van der Waals surface area (Å²) in [5, 5.41) is 12.4. The zero-order valence-corrected chi connectivity index (χ0v) is 10.8. The Morgan fingerprint density at radius 2 is 1.94 bits per heavy atom. The van der Waals surface area contributed by atoms with Crippen molar-refractivity contribution in [2.45, 2.75) is 13.1 Å². The summed E-state index contributed by atoms with van der Waals surface area (Å²) in [7, 11) is 0. The summed E-state index contributed by atoms with van der Waals surface area (Å²) < 4.78 is 1.10. The van der Waals surface area contributed by atoms with Crippen molar-refractivity contribution < 1.29 is 5.11 Å². The Labute approximate surface area is 109 Å².